The number of piperidine rings is 1. The fourth-order valence-electron chi connectivity index (χ4n) is 4.70. The van der Waals surface area contributed by atoms with E-state index in [0.29, 0.717) is 12.1 Å². The molecular weight excluding hydrogens is 338 g/mol. The Bertz CT molecular complexity index is 968. The molecule has 2 atom stereocenters. The smallest absolute Gasteiger partial charge is 0.256 e. The van der Waals surface area contributed by atoms with E-state index in [1.165, 1.54) is 5.56 Å². The van der Waals surface area contributed by atoms with Crippen molar-refractivity contribution in [3.05, 3.63) is 66.0 Å². The Morgan fingerprint density at radius 2 is 2.07 bits per heavy atom. The van der Waals surface area contributed by atoms with Gasteiger partial charge in [-0.2, -0.15) is 0 Å². The molecule has 0 radical (unpaired) electrons. The summed E-state index contributed by atoms with van der Waals surface area (Å²) < 4.78 is 6.38. The van der Waals surface area contributed by atoms with Crippen molar-refractivity contribution in [2.75, 3.05) is 13.2 Å². The summed E-state index contributed by atoms with van der Waals surface area (Å²) in [5.74, 6) is 0.0845. The highest BCUT2D eigenvalue weighted by Crippen LogP contribution is 2.43. The van der Waals surface area contributed by atoms with Gasteiger partial charge in [0.2, 0.25) is 0 Å². The zero-order chi connectivity index (χ0) is 18.3. The molecule has 2 fully saturated rings. The number of likely N-dealkylation sites (tertiary alicyclic amines) is 1. The number of aromatic amines is 1. The van der Waals surface area contributed by atoms with Crippen LogP contribution in [0.25, 0.3) is 11.0 Å². The van der Waals surface area contributed by atoms with Gasteiger partial charge in [-0.3, -0.25) is 4.79 Å². The number of H-pyrrole nitrogens is 1. The number of aromatic nitrogens is 2. The summed E-state index contributed by atoms with van der Waals surface area (Å²) in [5, 5.41) is 0. The molecule has 27 heavy (non-hydrogen) atoms. The number of amides is 1. The monoisotopic (exact) mass is 361 g/mol. The van der Waals surface area contributed by atoms with Gasteiger partial charge in [-0.05, 0) is 37.0 Å². The first-order chi connectivity index (χ1) is 13.3. The predicted molar refractivity (Wildman–Crippen MR) is 103 cm³/mol. The molecule has 5 rings (SSSR count). The predicted octanol–water partition coefficient (Wildman–Crippen LogP) is 3.87. The molecule has 0 aliphatic carbocycles. The van der Waals surface area contributed by atoms with Crippen molar-refractivity contribution in [1.82, 2.24) is 14.9 Å². The lowest BCUT2D eigenvalue weighted by Crippen LogP contribution is -2.51. The van der Waals surface area contributed by atoms with Crippen molar-refractivity contribution in [1.29, 1.82) is 0 Å². The average molecular weight is 361 g/mol. The number of carbonyl (C=O) groups is 1. The minimum Gasteiger partial charge on any atom is -0.370 e. The van der Waals surface area contributed by atoms with Crippen molar-refractivity contribution in [2.45, 2.75) is 37.3 Å². The number of imidazole rings is 1. The molecule has 1 unspecified atom stereocenters. The fraction of sp³-hybridized carbons (Fsp3) is 0.364. The lowest BCUT2D eigenvalue weighted by molar-refractivity contribution is -0.0831. The Morgan fingerprint density at radius 3 is 2.96 bits per heavy atom. The molecule has 5 nitrogen and oxygen atoms in total. The molecule has 2 aliphatic heterocycles. The van der Waals surface area contributed by atoms with Gasteiger partial charge in [0, 0.05) is 25.6 Å². The SMILES string of the molecule is O=C(c1cccc2[nH]cnc12)N1CCC2(c3ccccc3)C[C@@H]1CCCO2. The van der Waals surface area contributed by atoms with E-state index in [0.717, 1.165) is 43.3 Å². The Hall–Kier alpha value is -2.66. The number of para-hydroxylation sites is 1. The summed E-state index contributed by atoms with van der Waals surface area (Å²) in [7, 11) is 0. The molecule has 2 aromatic carbocycles. The second-order valence-corrected chi connectivity index (χ2v) is 7.56. The summed E-state index contributed by atoms with van der Waals surface area (Å²) >= 11 is 0. The number of hydrogen-bond acceptors (Lipinski definition) is 3. The maximum absolute atomic E-state index is 13.4. The molecule has 2 saturated heterocycles. The van der Waals surface area contributed by atoms with Gasteiger partial charge in [0.1, 0.15) is 5.52 Å². The largest absolute Gasteiger partial charge is 0.370 e. The van der Waals surface area contributed by atoms with Crippen LogP contribution in [0.2, 0.25) is 0 Å². The van der Waals surface area contributed by atoms with Gasteiger partial charge in [0.25, 0.3) is 5.91 Å². The van der Waals surface area contributed by atoms with Crippen LogP contribution in [0.5, 0.6) is 0 Å². The van der Waals surface area contributed by atoms with Gasteiger partial charge in [-0.15, -0.1) is 0 Å². The zero-order valence-electron chi connectivity index (χ0n) is 15.2. The van der Waals surface area contributed by atoms with Crippen molar-refractivity contribution in [3.8, 4) is 0 Å². The summed E-state index contributed by atoms with van der Waals surface area (Å²) in [6, 6.07) is 16.5. The van der Waals surface area contributed by atoms with Gasteiger partial charge >= 0.3 is 0 Å². The van der Waals surface area contributed by atoms with Crippen molar-refractivity contribution in [2.24, 2.45) is 0 Å². The minimum absolute atomic E-state index is 0.0845. The van der Waals surface area contributed by atoms with E-state index < -0.39 is 0 Å². The molecule has 138 valence electrons. The first-order valence-electron chi connectivity index (χ1n) is 9.69. The number of nitrogens with zero attached hydrogens (tertiary/aromatic N) is 2. The van der Waals surface area contributed by atoms with E-state index in [1.807, 2.05) is 24.3 Å². The van der Waals surface area contributed by atoms with Gasteiger partial charge < -0.3 is 14.6 Å². The maximum atomic E-state index is 13.4. The maximum Gasteiger partial charge on any atom is 0.256 e. The molecule has 1 N–H and O–H groups in total. The number of ether oxygens (including phenoxy) is 1. The topological polar surface area (TPSA) is 58.2 Å². The van der Waals surface area contributed by atoms with E-state index >= 15 is 0 Å². The van der Waals surface area contributed by atoms with Crippen LogP contribution in [0.3, 0.4) is 0 Å². The van der Waals surface area contributed by atoms with E-state index in [9.17, 15) is 4.79 Å². The van der Waals surface area contributed by atoms with Crippen LogP contribution in [0.15, 0.2) is 54.9 Å². The standard InChI is InChI=1S/C22H23N3O2/c26-21(18-9-4-10-19-20(18)24-15-23-19)25-12-11-22(16-6-2-1-3-7-16)14-17(25)8-5-13-27-22/h1-4,6-7,9-10,15,17H,5,8,11-14H2,(H,23,24)/t17-,22?/m0/s1. The second-order valence-electron chi connectivity index (χ2n) is 7.56. The molecule has 1 aromatic heterocycles. The molecule has 1 amide bonds. The van der Waals surface area contributed by atoms with Gasteiger partial charge in [0.05, 0.1) is 23.0 Å². The molecule has 0 spiro atoms. The number of fused-ring (bicyclic) bond motifs is 3. The summed E-state index contributed by atoms with van der Waals surface area (Å²) in [4.78, 5) is 22.9. The van der Waals surface area contributed by atoms with E-state index in [4.69, 9.17) is 4.74 Å². The Labute approximate surface area is 158 Å². The molecule has 2 aliphatic rings. The lowest BCUT2D eigenvalue weighted by Gasteiger charge is -2.45. The average Bonchev–Trinajstić information content (AvgIpc) is 3.14. The molecule has 3 heterocycles. The molecule has 3 aromatic rings. The molecule has 5 heteroatoms. The summed E-state index contributed by atoms with van der Waals surface area (Å²) in [5.41, 5.74) is 3.31. The first-order valence-corrected chi connectivity index (χ1v) is 9.69. The number of carbonyl (C=O) groups excluding carboxylic acids is 1. The van der Waals surface area contributed by atoms with Crippen LogP contribution in [0.4, 0.5) is 0 Å². The Balaban J connectivity index is 1.48. The van der Waals surface area contributed by atoms with Crippen molar-refractivity contribution < 1.29 is 9.53 Å². The highest BCUT2D eigenvalue weighted by molar-refractivity contribution is 6.04. The number of hydrogen-bond donors (Lipinski definition) is 1. The van der Waals surface area contributed by atoms with Crippen LogP contribution >= 0.6 is 0 Å². The third kappa shape index (κ3) is 2.73. The third-order valence-electron chi connectivity index (χ3n) is 6.06. The third-order valence-corrected chi connectivity index (χ3v) is 6.06. The van der Waals surface area contributed by atoms with Crippen LogP contribution in [0, 0.1) is 0 Å². The van der Waals surface area contributed by atoms with Crippen molar-refractivity contribution >= 4 is 16.9 Å². The number of nitrogens with one attached hydrogen (secondary N) is 1. The van der Waals surface area contributed by atoms with Gasteiger partial charge in [-0.25, -0.2) is 4.98 Å². The van der Waals surface area contributed by atoms with Crippen molar-refractivity contribution in [3.63, 3.8) is 0 Å². The van der Waals surface area contributed by atoms with E-state index in [2.05, 4.69) is 39.1 Å². The summed E-state index contributed by atoms with van der Waals surface area (Å²) in [6.07, 6.45) is 5.30. The van der Waals surface area contributed by atoms with E-state index in [-0.39, 0.29) is 17.6 Å². The fourth-order valence-corrected chi connectivity index (χ4v) is 4.70. The highest BCUT2D eigenvalue weighted by Gasteiger charge is 2.45. The zero-order valence-corrected chi connectivity index (χ0v) is 15.2. The Kier molecular flexibility index (Phi) is 3.97. The Morgan fingerprint density at radius 1 is 1.19 bits per heavy atom. The van der Waals surface area contributed by atoms with Gasteiger partial charge in [0.15, 0.2) is 0 Å². The normalized spacial score (nSPS) is 25.3. The highest BCUT2D eigenvalue weighted by atomic mass is 16.5. The number of rotatable bonds is 2. The minimum atomic E-state index is -0.266. The lowest BCUT2D eigenvalue weighted by atomic mass is 9.80. The van der Waals surface area contributed by atoms with Gasteiger partial charge in [-0.1, -0.05) is 36.4 Å². The van der Waals surface area contributed by atoms with Crippen LogP contribution in [-0.2, 0) is 10.3 Å². The quantitative estimate of drug-likeness (QED) is 0.754. The first kappa shape index (κ1) is 16.5. The second kappa shape index (κ2) is 6.50. The summed E-state index contributed by atoms with van der Waals surface area (Å²) in [6.45, 7) is 1.46. The molecular formula is C22H23N3O2. The van der Waals surface area contributed by atoms with Crippen LogP contribution < -0.4 is 0 Å². The number of benzene rings is 2. The van der Waals surface area contributed by atoms with Crippen LogP contribution in [0.1, 0.15) is 41.6 Å². The van der Waals surface area contributed by atoms with Crippen LogP contribution in [-0.4, -0.2) is 40.0 Å². The molecule has 2 bridgehead atoms. The molecule has 0 saturated carbocycles. The van der Waals surface area contributed by atoms with E-state index in [1.54, 1.807) is 6.33 Å².